The number of pyridine rings is 1. The fourth-order valence-corrected chi connectivity index (χ4v) is 4.83. The molecule has 2 aromatic carbocycles. The van der Waals surface area contributed by atoms with E-state index in [0.29, 0.717) is 22.9 Å². The van der Waals surface area contributed by atoms with E-state index >= 15 is 0 Å². The summed E-state index contributed by atoms with van der Waals surface area (Å²) in [6.07, 6.45) is 1.54. The molecular weight excluding hydrogens is 464 g/mol. The van der Waals surface area contributed by atoms with Crippen molar-refractivity contribution in [3.8, 4) is 11.5 Å². The van der Waals surface area contributed by atoms with Crippen molar-refractivity contribution in [2.24, 2.45) is 0 Å². The van der Waals surface area contributed by atoms with Gasteiger partial charge in [0.2, 0.25) is 5.91 Å². The molecule has 0 saturated heterocycles. The molecule has 0 fully saturated rings. The van der Waals surface area contributed by atoms with E-state index in [1.807, 2.05) is 0 Å². The van der Waals surface area contributed by atoms with Gasteiger partial charge in [0.25, 0.3) is 5.91 Å². The van der Waals surface area contributed by atoms with Crippen LogP contribution in [0.2, 0.25) is 0 Å². The molecule has 176 valence electrons. The molecule has 0 spiro atoms. The van der Waals surface area contributed by atoms with Gasteiger partial charge in [0, 0.05) is 18.3 Å². The molecule has 1 unspecified atom stereocenters. The second-order valence-corrected chi connectivity index (χ2v) is 8.44. The Labute approximate surface area is 199 Å². The standard InChI is InChI=1S/C24H21F2N3O4S/c1-32-17-9-6-14(11-18(17)33-2)12-29-23(31)21-15(25)7-8-16(26)22(21)24(29)34-13-20(30)28-19-5-3-4-10-27-19/h3-11,24H,12-13H2,1-2H3,(H,27,28,30). The predicted octanol–water partition coefficient (Wildman–Crippen LogP) is 4.40. The third kappa shape index (κ3) is 4.67. The minimum Gasteiger partial charge on any atom is -0.493 e. The predicted molar refractivity (Wildman–Crippen MR) is 124 cm³/mol. The Bertz CT molecular complexity index is 1230. The van der Waals surface area contributed by atoms with E-state index < -0.39 is 22.9 Å². The molecule has 1 N–H and O–H groups in total. The molecule has 2 amide bonds. The van der Waals surface area contributed by atoms with Crippen LogP contribution in [0.3, 0.4) is 0 Å². The number of carbonyl (C=O) groups is 2. The van der Waals surface area contributed by atoms with E-state index in [1.54, 1.807) is 36.4 Å². The summed E-state index contributed by atoms with van der Waals surface area (Å²) in [6, 6.07) is 12.1. The highest BCUT2D eigenvalue weighted by Crippen LogP contribution is 2.44. The van der Waals surface area contributed by atoms with E-state index in [-0.39, 0.29) is 29.3 Å². The Hall–Kier alpha value is -3.66. The molecule has 10 heteroatoms. The summed E-state index contributed by atoms with van der Waals surface area (Å²) in [7, 11) is 2.99. The molecule has 1 atom stereocenters. The number of nitrogens with one attached hydrogen (secondary N) is 1. The number of benzene rings is 2. The van der Waals surface area contributed by atoms with Crippen LogP contribution in [0.15, 0.2) is 54.7 Å². The summed E-state index contributed by atoms with van der Waals surface area (Å²) in [5.41, 5.74) is 0.285. The number of carbonyl (C=O) groups excluding carboxylic acids is 2. The van der Waals surface area contributed by atoms with Crippen molar-refractivity contribution in [2.75, 3.05) is 25.3 Å². The van der Waals surface area contributed by atoms with E-state index in [0.717, 1.165) is 23.9 Å². The maximum absolute atomic E-state index is 14.8. The third-order valence-electron chi connectivity index (χ3n) is 5.25. The largest absolute Gasteiger partial charge is 0.493 e. The first kappa shape index (κ1) is 23.5. The van der Waals surface area contributed by atoms with Crippen molar-refractivity contribution < 1.29 is 27.8 Å². The van der Waals surface area contributed by atoms with Crippen LogP contribution < -0.4 is 14.8 Å². The van der Waals surface area contributed by atoms with Gasteiger partial charge in [0.15, 0.2) is 11.5 Å². The number of anilines is 1. The fraction of sp³-hybridized carbons (Fsp3) is 0.208. The number of fused-ring (bicyclic) bond motifs is 1. The first-order valence-corrected chi connectivity index (χ1v) is 11.3. The zero-order valence-electron chi connectivity index (χ0n) is 18.4. The molecule has 7 nitrogen and oxygen atoms in total. The Kier molecular flexibility index (Phi) is 6.97. The molecule has 3 aromatic rings. The highest BCUT2D eigenvalue weighted by molar-refractivity contribution is 8.00. The Morgan fingerprint density at radius 3 is 2.56 bits per heavy atom. The van der Waals surface area contributed by atoms with Crippen molar-refractivity contribution >= 4 is 29.4 Å². The van der Waals surface area contributed by atoms with Gasteiger partial charge >= 0.3 is 0 Å². The van der Waals surface area contributed by atoms with E-state index in [2.05, 4.69) is 10.3 Å². The van der Waals surface area contributed by atoms with Crippen LogP contribution in [-0.2, 0) is 11.3 Å². The van der Waals surface area contributed by atoms with Gasteiger partial charge in [-0.15, -0.1) is 11.8 Å². The number of aromatic nitrogens is 1. The average molecular weight is 486 g/mol. The Morgan fingerprint density at radius 1 is 1.09 bits per heavy atom. The zero-order chi connectivity index (χ0) is 24.2. The van der Waals surface area contributed by atoms with E-state index in [1.165, 1.54) is 25.3 Å². The first-order valence-electron chi connectivity index (χ1n) is 10.2. The summed E-state index contributed by atoms with van der Waals surface area (Å²) in [4.78, 5) is 31.0. The lowest BCUT2D eigenvalue weighted by Gasteiger charge is -2.25. The van der Waals surface area contributed by atoms with Crippen molar-refractivity contribution in [1.82, 2.24) is 9.88 Å². The fourth-order valence-electron chi connectivity index (χ4n) is 3.71. The number of hydrogen-bond donors (Lipinski definition) is 1. The lowest BCUT2D eigenvalue weighted by atomic mass is 10.1. The molecule has 4 rings (SSSR count). The van der Waals surface area contributed by atoms with Crippen LogP contribution in [0, 0.1) is 11.6 Å². The molecule has 1 aliphatic heterocycles. The third-order valence-corrected chi connectivity index (χ3v) is 6.49. The van der Waals surface area contributed by atoms with Gasteiger partial charge in [0.1, 0.15) is 22.8 Å². The van der Waals surface area contributed by atoms with Gasteiger partial charge in [0.05, 0.1) is 25.5 Å². The molecule has 34 heavy (non-hydrogen) atoms. The molecule has 0 aliphatic carbocycles. The maximum atomic E-state index is 14.8. The minimum absolute atomic E-state index is 0.0479. The van der Waals surface area contributed by atoms with Crippen LogP contribution in [0.5, 0.6) is 11.5 Å². The molecule has 2 heterocycles. The normalized spacial score (nSPS) is 14.6. The van der Waals surface area contributed by atoms with Crippen molar-refractivity contribution in [3.05, 3.63) is 83.1 Å². The van der Waals surface area contributed by atoms with Crippen molar-refractivity contribution in [3.63, 3.8) is 0 Å². The molecule has 0 saturated carbocycles. The number of nitrogens with zero attached hydrogens (tertiary/aromatic N) is 2. The summed E-state index contributed by atoms with van der Waals surface area (Å²) in [5, 5.41) is 1.74. The van der Waals surface area contributed by atoms with E-state index in [9.17, 15) is 18.4 Å². The number of thioether (sulfide) groups is 1. The van der Waals surface area contributed by atoms with Gasteiger partial charge in [-0.3, -0.25) is 9.59 Å². The Balaban J connectivity index is 1.60. The molecule has 0 radical (unpaired) electrons. The van der Waals surface area contributed by atoms with Gasteiger partial charge in [-0.2, -0.15) is 0 Å². The summed E-state index contributed by atoms with van der Waals surface area (Å²) < 4.78 is 39.9. The minimum atomic E-state index is -0.902. The van der Waals surface area contributed by atoms with E-state index in [4.69, 9.17) is 9.47 Å². The highest BCUT2D eigenvalue weighted by atomic mass is 32.2. The summed E-state index contributed by atoms with van der Waals surface area (Å²) >= 11 is 1.03. The lowest BCUT2D eigenvalue weighted by Crippen LogP contribution is -2.27. The first-order chi connectivity index (χ1) is 16.4. The van der Waals surface area contributed by atoms with Crippen molar-refractivity contribution in [2.45, 2.75) is 11.9 Å². The number of hydrogen-bond acceptors (Lipinski definition) is 6. The van der Waals surface area contributed by atoms with Gasteiger partial charge in [-0.25, -0.2) is 13.8 Å². The molecule has 1 aromatic heterocycles. The summed E-state index contributed by atoms with van der Waals surface area (Å²) in [6.45, 7) is 0.0479. The lowest BCUT2D eigenvalue weighted by molar-refractivity contribution is -0.113. The number of ether oxygens (including phenoxy) is 2. The zero-order valence-corrected chi connectivity index (χ0v) is 19.2. The van der Waals surface area contributed by atoms with Crippen LogP contribution >= 0.6 is 11.8 Å². The number of methoxy groups -OCH3 is 2. The monoisotopic (exact) mass is 485 g/mol. The molecular formula is C24H21F2N3O4S. The topological polar surface area (TPSA) is 80.8 Å². The van der Waals surface area contributed by atoms with Crippen molar-refractivity contribution in [1.29, 1.82) is 0 Å². The smallest absolute Gasteiger partial charge is 0.258 e. The Morgan fingerprint density at radius 2 is 1.85 bits per heavy atom. The molecule has 0 bridgehead atoms. The van der Waals surface area contributed by atoms with Gasteiger partial charge < -0.3 is 19.7 Å². The van der Waals surface area contributed by atoms with Crippen LogP contribution in [0.1, 0.15) is 26.9 Å². The van der Waals surface area contributed by atoms with Crippen LogP contribution in [-0.4, -0.2) is 41.7 Å². The maximum Gasteiger partial charge on any atom is 0.258 e. The average Bonchev–Trinajstić information content (AvgIpc) is 3.13. The van der Waals surface area contributed by atoms with Crippen LogP contribution in [0.25, 0.3) is 0 Å². The number of amides is 2. The summed E-state index contributed by atoms with van der Waals surface area (Å²) in [5.74, 6) is -1.31. The second-order valence-electron chi connectivity index (χ2n) is 7.37. The van der Waals surface area contributed by atoms with Gasteiger partial charge in [-0.1, -0.05) is 12.1 Å². The highest BCUT2D eigenvalue weighted by Gasteiger charge is 2.41. The second kappa shape index (κ2) is 10.1. The SMILES string of the molecule is COc1ccc(CN2C(=O)c3c(F)ccc(F)c3C2SCC(=O)Nc2ccccn2)cc1OC. The number of halogens is 2. The van der Waals surface area contributed by atoms with Gasteiger partial charge in [-0.05, 0) is 42.0 Å². The number of rotatable bonds is 8. The quantitative estimate of drug-likeness (QED) is 0.509. The van der Waals surface area contributed by atoms with Crippen LogP contribution in [0.4, 0.5) is 14.6 Å². The molecule has 1 aliphatic rings.